The molecule has 0 saturated heterocycles. The molecule has 3 aromatic heterocycles. The lowest BCUT2D eigenvalue weighted by atomic mass is 10.1. The van der Waals surface area contributed by atoms with Crippen molar-refractivity contribution in [3.8, 4) is 0 Å². The normalized spacial score (nSPS) is 18.8. The van der Waals surface area contributed by atoms with E-state index in [2.05, 4.69) is 31.0 Å². The van der Waals surface area contributed by atoms with E-state index in [1.54, 1.807) is 17.7 Å². The van der Waals surface area contributed by atoms with E-state index < -0.39 is 0 Å². The SMILES string of the molecule is c1nc2n(n1)C[C@H](NCc1cn3ccsc3n1)CC2. The van der Waals surface area contributed by atoms with Gasteiger partial charge in [-0.05, 0) is 6.42 Å². The van der Waals surface area contributed by atoms with Crippen molar-refractivity contribution in [1.82, 2.24) is 29.5 Å². The molecule has 0 amide bonds. The molecule has 0 radical (unpaired) electrons. The van der Waals surface area contributed by atoms with Gasteiger partial charge in [-0.25, -0.2) is 14.6 Å². The summed E-state index contributed by atoms with van der Waals surface area (Å²) < 4.78 is 4.06. The maximum absolute atomic E-state index is 4.58. The zero-order chi connectivity index (χ0) is 12.7. The van der Waals surface area contributed by atoms with Crippen LogP contribution in [0.15, 0.2) is 24.1 Å². The van der Waals surface area contributed by atoms with Crippen LogP contribution in [0.1, 0.15) is 17.9 Å². The number of nitrogens with zero attached hydrogens (tertiary/aromatic N) is 5. The van der Waals surface area contributed by atoms with Gasteiger partial charge in [-0.2, -0.15) is 5.10 Å². The Hall–Kier alpha value is -1.73. The number of thiazole rings is 1. The molecule has 0 aromatic carbocycles. The Morgan fingerprint density at radius 2 is 2.47 bits per heavy atom. The third-order valence-corrected chi connectivity index (χ3v) is 4.29. The maximum Gasteiger partial charge on any atom is 0.193 e. The molecule has 0 fully saturated rings. The van der Waals surface area contributed by atoms with Crippen molar-refractivity contribution >= 4 is 16.3 Å². The van der Waals surface area contributed by atoms with Crippen LogP contribution in [0.2, 0.25) is 0 Å². The summed E-state index contributed by atoms with van der Waals surface area (Å²) in [5.41, 5.74) is 1.09. The second-order valence-corrected chi connectivity index (χ2v) is 5.67. The lowest BCUT2D eigenvalue weighted by molar-refractivity contribution is 0.357. The number of aryl methyl sites for hydroxylation is 1. The third-order valence-electron chi connectivity index (χ3n) is 3.52. The fourth-order valence-corrected chi connectivity index (χ4v) is 3.23. The lowest BCUT2D eigenvalue weighted by Gasteiger charge is -2.23. The molecule has 1 aliphatic rings. The third kappa shape index (κ3) is 2.04. The number of hydrogen-bond donors (Lipinski definition) is 1. The van der Waals surface area contributed by atoms with Crippen molar-refractivity contribution in [2.75, 3.05) is 0 Å². The van der Waals surface area contributed by atoms with Gasteiger partial charge >= 0.3 is 0 Å². The Balaban J connectivity index is 1.41. The minimum Gasteiger partial charge on any atom is -0.306 e. The number of aromatic nitrogens is 5. The molecule has 98 valence electrons. The summed E-state index contributed by atoms with van der Waals surface area (Å²) >= 11 is 1.66. The molecule has 1 atom stereocenters. The van der Waals surface area contributed by atoms with Crippen LogP contribution in [0.3, 0.4) is 0 Å². The van der Waals surface area contributed by atoms with Crippen LogP contribution in [0.4, 0.5) is 0 Å². The number of hydrogen-bond acceptors (Lipinski definition) is 5. The fraction of sp³-hybridized carbons (Fsp3) is 0.417. The smallest absolute Gasteiger partial charge is 0.193 e. The highest BCUT2D eigenvalue weighted by atomic mass is 32.1. The Kier molecular flexibility index (Phi) is 2.59. The molecule has 4 heterocycles. The Labute approximate surface area is 114 Å². The van der Waals surface area contributed by atoms with Crippen molar-refractivity contribution in [3.05, 3.63) is 35.6 Å². The Morgan fingerprint density at radius 1 is 1.47 bits per heavy atom. The summed E-state index contributed by atoms with van der Waals surface area (Å²) in [5, 5.41) is 9.84. The van der Waals surface area contributed by atoms with E-state index in [0.29, 0.717) is 6.04 Å². The zero-order valence-electron chi connectivity index (χ0n) is 10.4. The average molecular weight is 274 g/mol. The van der Waals surface area contributed by atoms with Crippen LogP contribution in [-0.2, 0) is 19.5 Å². The highest BCUT2D eigenvalue weighted by Crippen LogP contribution is 2.14. The summed E-state index contributed by atoms with van der Waals surface area (Å²) in [5.74, 6) is 1.10. The predicted molar refractivity (Wildman–Crippen MR) is 72.0 cm³/mol. The van der Waals surface area contributed by atoms with E-state index in [1.807, 2.05) is 16.3 Å². The molecule has 0 aliphatic carbocycles. The number of nitrogens with one attached hydrogen (secondary N) is 1. The quantitative estimate of drug-likeness (QED) is 0.777. The summed E-state index contributed by atoms with van der Waals surface area (Å²) in [6, 6.07) is 0.453. The second-order valence-electron chi connectivity index (χ2n) is 4.80. The first kappa shape index (κ1) is 11.1. The van der Waals surface area contributed by atoms with Crippen LogP contribution in [-0.4, -0.2) is 30.2 Å². The van der Waals surface area contributed by atoms with Gasteiger partial charge < -0.3 is 5.32 Å². The molecule has 4 rings (SSSR count). The largest absolute Gasteiger partial charge is 0.306 e. The van der Waals surface area contributed by atoms with E-state index >= 15 is 0 Å². The first-order valence-corrected chi connectivity index (χ1v) is 7.27. The Bertz CT molecular complexity index is 667. The Morgan fingerprint density at radius 3 is 3.42 bits per heavy atom. The number of rotatable bonds is 3. The molecule has 0 bridgehead atoms. The number of imidazole rings is 1. The van der Waals surface area contributed by atoms with Crippen molar-refractivity contribution < 1.29 is 0 Å². The first-order valence-electron chi connectivity index (χ1n) is 6.39. The molecular formula is C12H14N6S. The fourth-order valence-electron chi connectivity index (χ4n) is 2.51. The molecule has 7 heteroatoms. The van der Waals surface area contributed by atoms with Crippen molar-refractivity contribution in [1.29, 1.82) is 0 Å². The standard InChI is InChI=1S/C12H14N6S/c1-2-11-14-8-15-18(11)7-9(1)13-5-10-6-17-3-4-19-12(17)16-10/h3-4,6,8-9,13H,1-2,5,7H2/t9-/m1/s1. The van der Waals surface area contributed by atoms with E-state index in [-0.39, 0.29) is 0 Å². The highest BCUT2D eigenvalue weighted by molar-refractivity contribution is 7.15. The molecule has 6 nitrogen and oxygen atoms in total. The summed E-state index contributed by atoms with van der Waals surface area (Å²) in [6.07, 6.45) is 7.87. The molecular weight excluding hydrogens is 260 g/mol. The van der Waals surface area contributed by atoms with Crippen LogP contribution in [0.25, 0.3) is 4.96 Å². The van der Waals surface area contributed by atoms with Crippen LogP contribution in [0, 0.1) is 0 Å². The minimum absolute atomic E-state index is 0.453. The predicted octanol–water partition coefficient (Wildman–Crippen LogP) is 1.09. The van der Waals surface area contributed by atoms with E-state index in [1.165, 1.54) is 0 Å². The van der Waals surface area contributed by atoms with Gasteiger partial charge in [0.15, 0.2) is 4.96 Å². The van der Waals surface area contributed by atoms with Gasteiger partial charge in [0.25, 0.3) is 0 Å². The molecule has 19 heavy (non-hydrogen) atoms. The van der Waals surface area contributed by atoms with Gasteiger partial charge in [0.05, 0.1) is 12.2 Å². The monoisotopic (exact) mass is 274 g/mol. The van der Waals surface area contributed by atoms with Crippen molar-refractivity contribution in [3.63, 3.8) is 0 Å². The van der Waals surface area contributed by atoms with Gasteiger partial charge in [-0.15, -0.1) is 11.3 Å². The van der Waals surface area contributed by atoms with Crippen LogP contribution in [0.5, 0.6) is 0 Å². The molecule has 0 saturated carbocycles. The second kappa shape index (κ2) is 4.43. The number of fused-ring (bicyclic) bond motifs is 2. The summed E-state index contributed by atoms with van der Waals surface area (Å²) in [7, 11) is 0. The molecule has 0 unspecified atom stereocenters. The summed E-state index contributed by atoms with van der Waals surface area (Å²) in [4.78, 5) is 9.87. The molecule has 1 aliphatic heterocycles. The van der Waals surface area contributed by atoms with Gasteiger partial charge in [0.2, 0.25) is 0 Å². The van der Waals surface area contributed by atoms with Crippen LogP contribution < -0.4 is 5.32 Å². The zero-order valence-corrected chi connectivity index (χ0v) is 11.2. The minimum atomic E-state index is 0.453. The van der Waals surface area contributed by atoms with E-state index in [0.717, 1.165) is 42.4 Å². The van der Waals surface area contributed by atoms with E-state index in [9.17, 15) is 0 Å². The highest BCUT2D eigenvalue weighted by Gasteiger charge is 2.19. The topological polar surface area (TPSA) is 60.0 Å². The summed E-state index contributed by atoms with van der Waals surface area (Å²) in [6.45, 7) is 1.71. The van der Waals surface area contributed by atoms with E-state index in [4.69, 9.17) is 0 Å². The maximum atomic E-state index is 4.58. The van der Waals surface area contributed by atoms with Gasteiger partial charge in [-0.3, -0.25) is 4.40 Å². The first-order chi connectivity index (χ1) is 9.38. The van der Waals surface area contributed by atoms with Crippen molar-refractivity contribution in [2.24, 2.45) is 0 Å². The molecule has 1 N–H and O–H groups in total. The van der Waals surface area contributed by atoms with Gasteiger partial charge in [-0.1, -0.05) is 0 Å². The molecule has 3 aromatic rings. The average Bonchev–Trinajstić information content (AvgIpc) is 3.10. The van der Waals surface area contributed by atoms with Gasteiger partial charge in [0, 0.05) is 36.8 Å². The lowest BCUT2D eigenvalue weighted by Crippen LogP contribution is -2.37. The molecule has 0 spiro atoms. The van der Waals surface area contributed by atoms with Crippen LogP contribution >= 0.6 is 11.3 Å². The van der Waals surface area contributed by atoms with Crippen molar-refractivity contribution in [2.45, 2.75) is 32.0 Å². The van der Waals surface area contributed by atoms with Gasteiger partial charge in [0.1, 0.15) is 12.2 Å².